The van der Waals surface area contributed by atoms with Crippen LogP contribution < -0.4 is 10.1 Å². The molecule has 0 aliphatic heterocycles. The van der Waals surface area contributed by atoms with E-state index in [4.69, 9.17) is 4.74 Å². The number of ether oxygens (including phenoxy) is 1. The monoisotopic (exact) mass is 285 g/mol. The third-order valence-electron chi connectivity index (χ3n) is 2.63. The van der Waals surface area contributed by atoms with E-state index in [9.17, 15) is 0 Å². The highest BCUT2D eigenvalue weighted by Crippen LogP contribution is 2.24. The smallest absolute Gasteiger partial charge is 0.120 e. The predicted octanol–water partition coefficient (Wildman–Crippen LogP) is 3.39. The van der Waals surface area contributed by atoms with Crippen LogP contribution in [-0.4, -0.2) is 20.7 Å². The first-order chi connectivity index (χ1) is 7.77. The zero-order valence-corrected chi connectivity index (χ0v) is 11.6. The summed E-state index contributed by atoms with van der Waals surface area (Å²) in [5.41, 5.74) is 1.37. The van der Waals surface area contributed by atoms with Gasteiger partial charge in [0, 0.05) is 4.47 Å². The van der Waals surface area contributed by atoms with Gasteiger partial charge in [0.15, 0.2) is 0 Å². The number of aryl methyl sites for hydroxylation is 1. The Labute approximate surface area is 107 Å². The van der Waals surface area contributed by atoms with Crippen LogP contribution in [0.25, 0.3) is 0 Å². The van der Waals surface area contributed by atoms with Gasteiger partial charge in [-0.2, -0.15) is 0 Å². The van der Waals surface area contributed by atoms with Gasteiger partial charge >= 0.3 is 0 Å². The van der Waals surface area contributed by atoms with Gasteiger partial charge in [0.25, 0.3) is 0 Å². The second-order valence-electron chi connectivity index (χ2n) is 3.87. The van der Waals surface area contributed by atoms with Gasteiger partial charge in [0.05, 0.1) is 7.11 Å². The fourth-order valence-corrected chi connectivity index (χ4v) is 2.21. The number of hydrogen-bond donors (Lipinski definition) is 1. The molecule has 0 bridgehead atoms. The lowest BCUT2D eigenvalue weighted by atomic mass is 10.1. The van der Waals surface area contributed by atoms with E-state index in [-0.39, 0.29) is 0 Å². The Morgan fingerprint density at radius 3 is 2.69 bits per heavy atom. The molecule has 0 spiro atoms. The summed E-state index contributed by atoms with van der Waals surface area (Å²) in [7, 11) is 3.69. The third-order valence-corrected chi connectivity index (χ3v) is 3.37. The number of rotatable bonds is 7. The molecular formula is C13H20BrNO. The maximum atomic E-state index is 5.17. The van der Waals surface area contributed by atoms with E-state index in [1.165, 1.54) is 24.8 Å². The van der Waals surface area contributed by atoms with E-state index < -0.39 is 0 Å². The summed E-state index contributed by atoms with van der Waals surface area (Å²) in [5.74, 6) is 0.908. The molecule has 1 rings (SSSR count). The molecule has 0 amide bonds. The fourth-order valence-electron chi connectivity index (χ4n) is 1.65. The molecule has 0 heterocycles. The minimum atomic E-state index is 0.908. The zero-order valence-electron chi connectivity index (χ0n) is 10.1. The molecule has 0 unspecified atom stereocenters. The largest absolute Gasteiger partial charge is 0.497 e. The highest BCUT2D eigenvalue weighted by Gasteiger charge is 2.01. The molecule has 90 valence electrons. The Morgan fingerprint density at radius 1 is 1.25 bits per heavy atom. The topological polar surface area (TPSA) is 21.3 Å². The van der Waals surface area contributed by atoms with Gasteiger partial charge in [-0.25, -0.2) is 0 Å². The Balaban J connectivity index is 2.36. The molecule has 0 atom stereocenters. The molecule has 1 aromatic carbocycles. The van der Waals surface area contributed by atoms with Crippen molar-refractivity contribution >= 4 is 15.9 Å². The third kappa shape index (κ3) is 4.54. The first kappa shape index (κ1) is 13.5. The first-order valence-corrected chi connectivity index (χ1v) is 6.54. The summed E-state index contributed by atoms with van der Waals surface area (Å²) in [5, 5.41) is 3.17. The maximum Gasteiger partial charge on any atom is 0.120 e. The molecule has 0 saturated heterocycles. The SMILES string of the molecule is CNCCCCCc1ccc(OC)cc1Br. The van der Waals surface area contributed by atoms with Crippen LogP contribution in [0.3, 0.4) is 0 Å². The van der Waals surface area contributed by atoms with Crippen molar-refractivity contribution in [3.05, 3.63) is 28.2 Å². The lowest BCUT2D eigenvalue weighted by Gasteiger charge is -2.06. The fraction of sp³-hybridized carbons (Fsp3) is 0.538. The van der Waals surface area contributed by atoms with Crippen LogP contribution in [0.1, 0.15) is 24.8 Å². The summed E-state index contributed by atoms with van der Waals surface area (Å²) in [4.78, 5) is 0. The van der Waals surface area contributed by atoms with Crippen LogP contribution in [0.2, 0.25) is 0 Å². The molecule has 0 fully saturated rings. The molecule has 3 heteroatoms. The van der Waals surface area contributed by atoms with Gasteiger partial charge in [-0.1, -0.05) is 28.4 Å². The number of benzene rings is 1. The van der Waals surface area contributed by atoms with Crippen LogP contribution in [0.5, 0.6) is 5.75 Å². The summed E-state index contributed by atoms with van der Waals surface area (Å²) in [6.07, 6.45) is 4.91. The highest BCUT2D eigenvalue weighted by molar-refractivity contribution is 9.10. The average Bonchev–Trinajstić information content (AvgIpc) is 2.30. The number of nitrogens with one attached hydrogen (secondary N) is 1. The minimum Gasteiger partial charge on any atom is -0.497 e. The minimum absolute atomic E-state index is 0.908. The second kappa shape index (κ2) is 7.69. The summed E-state index contributed by atoms with van der Waals surface area (Å²) in [6.45, 7) is 1.11. The van der Waals surface area contributed by atoms with E-state index in [0.717, 1.165) is 23.2 Å². The van der Waals surface area contributed by atoms with Gasteiger partial charge in [0.1, 0.15) is 5.75 Å². The molecule has 16 heavy (non-hydrogen) atoms. The first-order valence-electron chi connectivity index (χ1n) is 5.75. The van der Waals surface area contributed by atoms with Crippen LogP contribution in [0.15, 0.2) is 22.7 Å². The molecule has 0 radical (unpaired) electrons. The number of hydrogen-bond acceptors (Lipinski definition) is 2. The van der Waals surface area contributed by atoms with Crippen molar-refractivity contribution in [2.45, 2.75) is 25.7 Å². The standard InChI is InChI=1S/C13H20BrNO/c1-15-9-5-3-4-6-11-7-8-12(16-2)10-13(11)14/h7-8,10,15H,3-6,9H2,1-2H3. The lowest BCUT2D eigenvalue weighted by Crippen LogP contribution is -2.07. The second-order valence-corrected chi connectivity index (χ2v) is 4.73. The molecule has 2 nitrogen and oxygen atoms in total. The van der Waals surface area contributed by atoms with Crippen molar-refractivity contribution in [2.24, 2.45) is 0 Å². The molecule has 1 aromatic rings. The van der Waals surface area contributed by atoms with Gasteiger partial charge < -0.3 is 10.1 Å². The lowest BCUT2D eigenvalue weighted by molar-refractivity contribution is 0.414. The predicted molar refractivity (Wildman–Crippen MR) is 72.2 cm³/mol. The van der Waals surface area contributed by atoms with Gasteiger partial charge in [-0.15, -0.1) is 0 Å². The van der Waals surface area contributed by atoms with E-state index in [0.29, 0.717) is 0 Å². The summed E-state index contributed by atoms with van der Waals surface area (Å²) >= 11 is 3.58. The number of methoxy groups -OCH3 is 1. The van der Waals surface area contributed by atoms with Gasteiger partial charge in [0.2, 0.25) is 0 Å². The Bertz CT molecular complexity index is 315. The van der Waals surface area contributed by atoms with Crippen molar-refractivity contribution in [3.63, 3.8) is 0 Å². The molecule has 0 saturated carbocycles. The van der Waals surface area contributed by atoms with Crippen LogP contribution in [0.4, 0.5) is 0 Å². The number of halogens is 1. The molecule has 0 aliphatic rings. The van der Waals surface area contributed by atoms with E-state index in [1.807, 2.05) is 19.2 Å². The Hall–Kier alpha value is -0.540. The Morgan fingerprint density at radius 2 is 2.06 bits per heavy atom. The quantitative estimate of drug-likeness (QED) is 0.776. The normalized spacial score (nSPS) is 10.4. The molecule has 0 aromatic heterocycles. The number of unbranched alkanes of at least 4 members (excludes halogenated alkanes) is 2. The van der Waals surface area contributed by atoms with Crippen LogP contribution in [0, 0.1) is 0 Å². The van der Waals surface area contributed by atoms with E-state index in [2.05, 4.69) is 27.3 Å². The maximum absolute atomic E-state index is 5.17. The van der Waals surface area contributed by atoms with Crippen molar-refractivity contribution < 1.29 is 4.74 Å². The zero-order chi connectivity index (χ0) is 11.8. The highest BCUT2D eigenvalue weighted by atomic mass is 79.9. The van der Waals surface area contributed by atoms with Crippen molar-refractivity contribution in [1.29, 1.82) is 0 Å². The van der Waals surface area contributed by atoms with Crippen molar-refractivity contribution in [2.75, 3.05) is 20.7 Å². The van der Waals surface area contributed by atoms with E-state index in [1.54, 1.807) is 7.11 Å². The van der Waals surface area contributed by atoms with Crippen LogP contribution in [-0.2, 0) is 6.42 Å². The van der Waals surface area contributed by atoms with Gasteiger partial charge in [-0.05, 0) is 50.6 Å². The molecular weight excluding hydrogens is 266 g/mol. The van der Waals surface area contributed by atoms with Crippen molar-refractivity contribution in [3.8, 4) is 5.75 Å². The molecule has 1 N–H and O–H groups in total. The Kier molecular flexibility index (Phi) is 6.50. The van der Waals surface area contributed by atoms with E-state index >= 15 is 0 Å². The van der Waals surface area contributed by atoms with Crippen LogP contribution >= 0.6 is 15.9 Å². The van der Waals surface area contributed by atoms with Crippen molar-refractivity contribution in [1.82, 2.24) is 5.32 Å². The summed E-state index contributed by atoms with van der Waals surface area (Å²) < 4.78 is 6.32. The summed E-state index contributed by atoms with van der Waals surface area (Å²) in [6, 6.07) is 6.19. The molecule has 0 aliphatic carbocycles. The van der Waals surface area contributed by atoms with Gasteiger partial charge in [-0.3, -0.25) is 0 Å². The average molecular weight is 286 g/mol.